The summed E-state index contributed by atoms with van der Waals surface area (Å²) in [5, 5.41) is 9.28. The Morgan fingerprint density at radius 1 is 1.14 bits per heavy atom. The molecule has 37 heavy (non-hydrogen) atoms. The molecule has 1 atom stereocenters. The molecule has 0 radical (unpaired) electrons. The van der Waals surface area contributed by atoms with Crippen molar-refractivity contribution in [3.8, 4) is 0 Å². The number of hydrogen-bond donors (Lipinski definition) is 1. The highest BCUT2D eigenvalue weighted by Crippen LogP contribution is 2.40. The maximum absolute atomic E-state index is 12.8. The molecule has 1 spiro atoms. The number of likely N-dealkylation sites (tertiary alicyclic amines) is 2. The van der Waals surface area contributed by atoms with Gasteiger partial charge < -0.3 is 19.6 Å². The van der Waals surface area contributed by atoms with Gasteiger partial charge >= 0.3 is 18.2 Å². The third-order valence-electron chi connectivity index (χ3n) is 8.11. The minimum atomic E-state index is -4.58. The van der Waals surface area contributed by atoms with Crippen LogP contribution in [0.4, 0.5) is 29.3 Å². The first-order chi connectivity index (χ1) is 17.5. The second kappa shape index (κ2) is 10.8. The summed E-state index contributed by atoms with van der Waals surface area (Å²) in [6, 6.07) is 5.81. The van der Waals surface area contributed by atoms with Crippen LogP contribution in [0.15, 0.2) is 18.2 Å². The van der Waals surface area contributed by atoms with Crippen molar-refractivity contribution in [3.63, 3.8) is 0 Å². The lowest BCUT2D eigenvalue weighted by molar-refractivity contribution is -0.200. The number of benzene rings is 1. The number of halogens is 3. The molecule has 202 valence electrons. The molecule has 1 aromatic carbocycles. The van der Waals surface area contributed by atoms with Crippen molar-refractivity contribution >= 4 is 23.4 Å². The smallest absolute Gasteiger partial charge is 0.425 e. The normalized spacial score (nSPS) is 21.6. The van der Waals surface area contributed by atoms with Crippen LogP contribution in [0.1, 0.15) is 51.0 Å². The van der Waals surface area contributed by atoms with Gasteiger partial charge in [0.15, 0.2) is 11.8 Å². The van der Waals surface area contributed by atoms with Gasteiger partial charge in [0.05, 0.1) is 12.5 Å². The van der Waals surface area contributed by atoms with Gasteiger partial charge in [-0.05, 0) is 69.7 Å². The number of ether oxygens (including phenoxy) is 1. The second-order valence-electron chi connectivity index (χ2n) is 10.4. The molecule has 1 amide bonds. The number of anilines is 1. The van der Waals surface area contributed by atoms with E-state index in [2.05, 4.69) is 25.4 Å². The first kappa shape index (κ1) is 27.0. The number of carboxylic acids is 1. The average Bonchev–Trinajstić information content (AvgIpc) is 3.24. The summed E-state index contributed by atoms with van der Waals surface area (Å²) in [7, 11) is 0. The van der Waals surface area contributed by atoms with Crippen molar-refractivity contribution in [2.75, 3.05) is 37.6 Å². The van der Waals surface area contributed by atoms with Gasteiger partial charge in [-0.25, -0.2) is 9.64 Å². The third-order valence-corrected chi connectivity index (χ3v) is 8.11. The van der Waals surface area contributed by atoms with E-state index in [0.29, 0.717) is 64.1 Å². The highest BCUT2D eigenvalue weighted by molar-refractivity contribution is 5.71. The molecule has 11 heteroatoms. The minimum absolute atomic E-state index is 0.138. The Balaban J connectivity index is 1.41. The van der Waals surface area contributed by atoms with Gasteiger partial charge in [0.25, 0.3) is 0 Å². The van der Waals surface area contributed by atoms with Crippen molar-refractivity contribution in [1.82, 2.24) is 9.80 Å². The number of rotatable bonds is 5. The van der Waals surface area contributed by atoms with E-state index in [-0.39, 0.29) is 11.5 Å². The van der Waals surface area contributed by atoms with Gasteiger partial charge in [-0.1, -0.05) is 6.07 Å². The highest BCUT2D eigenvalue weighted by atomic mass is 19.4. The predicted molar refractivity (Wildman–Crippen MR) is 130 cm³/mol. The fraction of sp³-hybridized carbons (Fsp3) is 0.654. The minimum Gasteiger partial charge on any atom is -0.481 e. The zero-order valence-electron chi connectivity index (χ0n) is 21.0. The first-order valence-corrected chi connectivity index (χ1v) is 12.8. The topological polar surface area (TPSA) is 77.7 Å². The number of carbonyl (C=O) groups is 2. The van der Waals surface area contributed by atoms with E-state index in [1.54, 1.807) is 0 Å². The molecule has 3 aliphatic rings. The van der Waals surface area contributed by atoms with Gasteiger partial charge in [0.1, 0.15) is 0 Å². The predicted octanol–water partition coefficient (Wildman–Crippen LogP) is 5.06. The van der Waals surface area contributed by atoms with Crippen LogP contribution in [0.25, 0.3) is 4.85 Å². The Bertz CT molecular complexity index is 1040. The summed E-state index contributed by atoms with van der Waals surface area (Å²) >= 11 is 0. The van der Waals surface area contributed by atoms with Crippen molar-refractivity contribution < 1.29 is 32.6 Å². The van der Waals surface area contributed by atoms with Crippen molar-refractivity contribution in [2.24, 2.45) is 5.92 Å². The summed E-state index contributed by atoms with van der Waals surface area (Å²) in [5.41, 5.74) is 2.33. The summed E-state index contributed by atoms with van der Waals surface area (Å²) in [6.07, 6.45) is -3.25. The van der Waals surface area contributed by atoms with E-state index in [4.69, 9.17) is 6.57 Å². The number of nitrogens with zero attached hydrogens (tertiary/aromatic N) is 4. The SMILES string of the molecule is [C-]#[N+]c1cc(CN2CCCC23CCN(C(=O)OC(C)C(F)(F)F)CC3)cc(N2CCC(C(=O)O)CC2)c1. The number of piperidine rings is 2. The Kier molecular flexibility index (Phi) is 7.88. The quantitative estimate of drug-likeness (QED) is 0.545. The Morgan fingerprint density at radius 2 is 1.81 bits per heavy atom. The average molecular weight is 523 g/mol. The zero-order valence-corrected chi connectivity index (χ0v) is 21.0. The molecule has 1 aromatic rings. The van der Waals surface area contributed by atoms with Crippen LogP contribution in [-0.4, -0.2) is 77.5 Å². The molecule has 0 bridgehead atoms. The van der Waals surface area contributed by atoms with Crippen LogP contribution in [0.5, 0.6) is 0 Å². The van der Waals surface area contributed by atoms with Crippen LogP contribution >= 0.6 is 0 Å². The maximum Gasteiger partial charge on any atom is 0.425 e. The molecule has 3 saturated heterocycles. The van der Waals surface area contributed by atoms with Crippen LogP contribution in [-0.2, 0) is 16.1 Å². The third kappa shape index (κ3) is 6.12. The Labute approximate surface area is 214 Å². The lowest BCUT2D eigenvalue weighted by Crippen LogP contribution is -2.53. The van der Waals surface area contributed by atoms with Gasteiger partial charge in [-0.2, -0.15) is 13.2 Å². The molecule has 3 fully saturated rings. The van der Waals surface area contributed by atoms with Gasteiger partial charge in [-0.3, -0.25) is 9.69 Å². The fourth-order valence-electron chi connectivity index (χ4n) is 5.81. The molecule has 0 saturated carbocycles. The van der Waals surface area contributed by atoms with E-state index in [1.807, 2.05) is 12.1 Å². The van der Waals surface area contributed by atoms with Crippen molar-refractivity contribution in [2.45, 2.75) is 69.8 Å². The number of amides is 1. The summed E-state index contributed by atoms with van der Waals surface area (Å²) in [5.74, 6) is -1.09. The lowest BCUT2D eigenvalue weighted by atomic mass is 9.85. The van der Waals surface area contributed by atoms with E-state index < -0.39 is 24.3 Å². The molecular formula is C26H33F3N4O4. The van der Waals surface area contributed by atoms with Gasteiger partial charge in [0, 0.05) is 44.0 Å². The van der Waals surface area contributed by atoms with E-state index in [0.717, 1.165) is 37.6 Å². The van der Waals surface area contributed by atoms with Crippen LogP contribution in [0.2, 0.25) is 0 Å². The molecule has 0 aliphatic carbocycles. The summed E-state index contributed by atoms with van der Waals surface area (Å²) in [6.45, 7) is 11.8. The van der Waals surface area contributed by atoms with E-state index in [9.17, 15) is 27.9 Å². The molecule has 0 aromatic heterocycles. The summed E-state index contributed by atoms with van der Waals surface area (Å²) in [4.78, 5) is 33.1. The molecular weight excluding hydrogens is 489 g/mol. The largest absolute Gasteiger partial charge is 0.481 e. The second-order valence-corrected chi connectivity index (χ2v) is 10.4. The number of aliphatic carboxylic acids is 1. The standard InChI is InChI=1S/C26H33F3N4O4/c1-18(26(27,28)29)37-24(36)32-12-7-25(8-13-32)6-3-9-33(25)17-19-14-21(30-2)16-22(15-19)31-10-4-20(5-11-31)23(34)35/h14-16,18,20H,3-13,17H2,1H3,(H,34,35). The first-order valence-electron chi connectivity index (χ1n) is 12.8. The monoisotopic (exact) mass is 522 g/mol. The number of carbonyl (C=O) groups excluding carboxylic acids is 1. The molecule has 1 unspecified atom stereocenters. The zero-order chi connectivity index (χ0) is 26.8. The van der Waals surface area contributed by atoms with Crippen LogP contribution < -0.4 is 4.90 Å². The number of alkyl halides is 3. The Hall–Kier alpha value is -3.00. The molecule has 1 N–H and O–H groups in total. The molecule has 3 aliphatic heterocycles. The highest BCUT2D eigenvalue weighted by Gasteiger charge is 2.45. The van der Waals surface area contributed by atoms with Crippen molar-refractivity contribution in [1.29, 1.82) is 0 Å². The summed E-state index contributed by atoms with van der Waals surface area (Å²) < 4.78 is 43.0. The van der Waals surface area contributed by atoms with Gasteiger partial charge in [-0.15, -0.1) is 0 Å². The van der Waals surface area contributed by atoms with Crippen LogP contribution in [0.3, 0.4) is 0 Å². The van der Waals surface area contributed by atoms with Gasteiger partial charge in [0.2, 0.25) is 0 Å². The Morgan fingerprint density at radius 3 is 2.41 bits per heavy atom. The number of hydrogen-bond acceptors (Lipinski definition) is 5. The maximum atomic E-state index is 12.8. The van der Waals surface area contributed by atoms with E-state index >= 15 is 0 Å². The van der Waals surface area contributed by atoms with E-state index in [1.165, 1.54) is 4.90 Å². The fourth-order valence-corrected chi connectivity index (χ4v) is 5.81. The molecule has 3 heterocycles. The molecule has 8 nitrogen and oxygen atoms in total. The lowest BCUT2D eigenvalue weighted by Gasteiger charge is -2.45. The molecule has 4 rings (SSSR count). The van der Waals surface area contributed by atoms with Crippen molar-refractivity contribution in [3.05, 3.63) is 35.2 Å². The van der Waals surface area contributed by atoms with Crippen LogP contribution in [0, 0.1) is 12.5 Å². The number of carboxylic acid groups (broad SMARTS) is 1.